The fourth-order valence-corrected chi connectivity index (χ4v) is 5.19. The van der Waals surface area contributed by atoms with Crippen molar-refractivity contribution in [2.75, 3.05) is 25.0 Å². The summed E-state index contributed by atoms with van der Waals surface area (Å²) in [4.78, 5) is 16.2. The third-order valence-electron chi connectivity index (χ3n) is 5.01. The van der Waals surface area contributed by atoms with Gasteiger partial charge >= 0.3 is 0 Å². The number of piperazine rings is 1. The van der Waals surface area contributed by atoms with Crippen LogP contribution in [0.2, 0.25) is 0 Å². The number of amides is 1. The summed E-state index contributed by atoms with van der Waals surface area (Å²) in [5.41, 5.74) is 0.378. The second-order valence-corrected chi connectivity index (χ2v) is 8.26. The maximum Gasteiger partial charge on any atom is 0.261 e. The Balaban J connectivity index is 1.49. The predicted octanol–water partition coefficient (Wildman–Crippen LogP) is 0.267. The van der Waals surface area contributed by atoms with Crippen molar-refractivity contribution in [3.8, 4) is 0 Å². The first-order chi connectivity index (χ1) is 11.8. The first kappa shape index (κ1) is 16.7. The predicted molar refractivity (Wildman–Crippen MR) is 85.7 cm³/mol. The number of fused-ring (bicyclic) bond motifs is 3. The van der Waals surface area contributed by atoms with Gasteiger partial charge in [-0.05, 0) is 18.6 Å². The number of halogens is 2. The molecule has 136 valence electrons. The molecule has 3 aliphatic heterocycles. The first-order valence-electron chi connectivity index (χ1n) is 8.06. The number of likely N-dealkylation sites (tertiary alicyclic amines) is 2. The van der Waals surface area contributed by atoms with E-state index in [2.05, 4.69) is 10.0 Å². The summed E-state index contributed by atoms with van der Waals surface area (Å²) in [5, 5.41) is 2.92. The monoisotopic (exact) mass is 372 g/mol. The average Bonchev–Trinajstić information content (AvgIpc) is 3.13. The van der Waals surface area contributed by atoms with Crippen LogP contribution in [0, 0.1) is 0 Å². The molecule has 25 heavy (non-hydrogen) atoms. The lowest BCUT2D eigenvalue weighted by Gasteiger charge is -2.37. The summed E-state index contributed by atoms with van der Waals surface area (Å²) >= 11 is 0. The molecule has 1 amide bonds. The van der Waals surface area contributed by atoms with E-state index in [0.717, 1.165) is 0 Å². The Morgan fingerprint density at radius 1 is 1.24 bits per heavy atom. The molecule has 7 nitrogen and oxygen atoms in total. The summed E-state index contributed by atoms with van der Waals surface area (Å²) in [7, 11) is -3.78. The van der Waals surface area contributed by atoms with Crippen molar-refractivity contribution < 1.29 is 22.0 Å². The Morgan fingerprint density at radius 2 is 2.00 bits per heavy atom. The Hall–Kier alpha value is -1.78. The number of carbonyl (C=O) groups excluding carboxylic acids is 1. The van der Waals surface area contributed by atoms with Gasteiger partial charge in [0.2, 0.25) is 10.0 Å². The molecule has 0 spiro atoms. The molecule has 2 N–H and O–H groups in total. The van der Waals surface area contributed by atoms with E-state index in [1.54, 1.807) is 28.0 Å². The molecule has 1 aromatic carbocycles. The van der Waals surface area contributed by atoms with Crippen molar-refractivity contribution in [2.24, 2.45) is 0 Å². The molecule has 2 fully saturated rings. The Bertz CT molecular complexity index is 804. The number of nitrogens with one attached hydrogen (secondary N) is 2. The van der Waals surface area contributed by atoms with Crippen molar-refractivity contribution in [1.29, 1.82) is 0 Å². The Labute approximate surface area is 144 Å². The fourth-order valence-electron chi connectivity index (χ4n) is 3.92. The second kappa shape index (κ2) is 5.89. The molecule has 1 unspecified atom stereocenters. The van der Waals surface area contributed by atoms with Crippen LogP contribution in [0.4, 0.5) is 14.5 Å². The molecule has 0 aromatic heterocycles. The van der Waals surface area contributed by atoms with Crippen LogP contribution in [0.3, 0.4) is 0 Å². The molecule has 0 radical (unpaired) electrons. The van der Waals surface area contributed by atoms with Crippen molar-refractivity contribution in [1.82, 2.24) is 14.5 Å². The Kier molecular flexibility index (Phi) is 3.93. The molecule has 3 atom stereocenters. The molecule has 0 aliphatic carbocycles. The van der Waals surface area contributed by atoms with Crippen molar-refractivity contribution >= 4 is 21.6 Å². The number of nitrogens with zero attached hydrogens (tertiary/aromatic N) is 2. The Morgan fingerprint density at radius 3 is 2.68 bits per heavy atom. The lowest BCUT2D eigenvalue weighted by molar-refractivity contribution is -0.134. The topological polar surface area (TPSA) is 81.7 Å². The van der Waals surface area contributed by atoms with E-state index in [0.29, 0.717) is 25.2 Å². The highest BCUT2D eigenvalue weighted by atomic mass is 32.2. The highest BCUT2D eigenvalue weighted by molar-refractivity contribution is 7.89. The maximum absolute atomic E-state index is 12.8. The number of para-hydroxylation sites is 1. The van der Waals surface area contributed by atoms with Crippen molar-refractivity contribution in [3.63, 3.8) is 0 Å². The van der Waals surface area contributed by atoms with Crippen LogP contribution in [0.25, 0.3) is 0 Å². The van der Waals surface area contributed by atoms with Gasteiger partial charge in [-0.25, -0.2) is 17.2 Å². The van der Waals surface area contributed by atoms with Crippen LogP contribution in [0.15, 0.2) is 29.2 Å². The van der Waals surface area contributed by atoms with Gasteiger partial charge in [-0.3, -0.25) is 9.69 Å². The van der Waals surface area contributed by atoms with Gasteiger partial charge in [0.15, 0.2) is 6.17 Å². The van der Waals surface area contributed by atoms with E-state index >= 15 is 0 Å². The van der Waals surface area contributed by atoms with E-state index in [4.69, 9.17) is 0 Å². The zero-order chi connectivity index (χ0) is 17.8. The second-order valence-electron chi connectivity index (χ2n) is 6.57. The molecular formula is C15H18F2N4O3S. The number of anilines is 1. The molecule has 3 aliphatic rings. The number of rotatable bonds is 3. The van der Waals surface area contributed by atoms with Crippen LogP contribution in [0.1, 0.15) is 6.42 Å². The van der Waals surface area contributed by atoms with E-state index < -0.39 is 22.6 Å². The van der Waals surface area contributed by atoms with Crippen molar-refractivity contribution in [2.45, 2.75) is 36.0 Å². The van der Waals surface area contributed by atoms with Gasteiger partial charge < -0.3 is 10.2 Å². The summed E-state index contributed by atoms with van der Waals surface area (Å²) < 4.78 is 52.2. The number of hydrogen-bond acceptors (Lipinski definition) is 5. The lowest BCUT2D eigenvalue weighted by atomic mass is 10.2. The van der Waals surface area contributed by atoms with Crippen LogP contribution in [-0.2, 0) is 14.8 Å². The minimum atomic E-state index is -3.78. The normalized spacial score (nSPS) is 30.4. The van der Waals surface area contributed by atoms with E-state index in [-0.39, 0.29) is 29.4 Å². The smallest absolute Gasteiger partial charge is 0.261 e. The summed E-state index contributed by atoms with van der Waals surface area (Å²) in [6.07, 6.45) is -2.83. The summed E-state index contributed by atoms with van der Waals surface area (Å²) in [6, 6.07) is 6.13. The quantitative estimate of drug-likeness (QED) is 0.796. The molecule has 4 rings (SSSR count). The maximum atomic E-state index is 12.8. The number of benzene rings is 1. The summed E-state index contributed by atoms with van der Waals surface area (Å²) in [5.74, 6) is -0.373. The minimum absolute atomic E-state index is 0.0876. The van der Waals surface area contributed by atoms with Gasteiger partial charge in [0, 0.05) is 25.2 Å². The zero-order valence-electron chi connectivity index (χ0n) is 13.2. The van der Waals surface area contributed by atoms with E-state index in [1.165, 1.54) is 6.07 Å². The first-order valence-corrected chi connectivity index (χ1v) is 9.54. The zero-order valence-corrected chi connectivity index (χ0v) is 14.0. The number of hydrogen-bond donors (Lipinski definition) is 2. The largest absolute Gasteiger partial charge is 0.360 e. The minimum Gasteiger partial charge on any atom is -0.360 e. The van der Waals surface area contributed by atoms with Crippen LogP contribution < -0.4 is 10.0 Å². The third-order valence-corrected chi connectivity index (χ3v) is 6.49. The van der Waals surface area contributed by atoms with Gasteiger partial charge in [0.1, 0.15) is 4.90 Å². The number of alkyl halides is 2. The van der Waals surface area contributed by atoms with Gasteiger partial charge in [0.05, 0.1) is 12.2 Å². The molecule has 2 saturated heterocycles. The molecule has 0 saturated carbocycles. The van der Waals surface area contributed by atoms with Crippen LogP contribution >= 0.6 is 0 Å². The van der Waals surface area contributed by atoms with Gasteiger partial charge in [-0.1, -0.05) is 12.1 Å². The molecular weight excluding hydrogens is 354 g/mol. The SMILES string of the molecule is O=C(C1Nc2ccccc2S(=O)(=O)N1)N1C[C@@H]2C[C@H]1CN2CC(F)F. The molecule has 2 bridgehead atoms. The van der Waals surface area contributed by atoms with Gasteiger partial charge in [0.25, 0.3) is 12.3 Å². The van der Waals surface area contributed by atoms with Gasteiger partial charge in [-0.15, -0.1) is 0 Å². The van der Waals surface area contributed by atoms with E-state index in [1.807, 2.05) is 0 Å². The van der Waals surface area contributed by atoms with Crippen molar-refractivity contribution in [3.05, 3.63) is 24.3 Å². The fraction of sp³-hybridized carbons (Fsp3) is 0.533. The molecule has 10 heteroatoms. The molecule has 1 aromatic rings. The highest BCUT2D eigenvalue weighted by Gasteiger charge is 2.48. The lowest BCUT2D eigenvalue weighted by Crippen LogP contribution is -2.59. The average molecular weight is 372 g/mol. The highest BCUT2D eigenvalue weighted by Crippen LogP contribution is 2.33. The third kappa shape index (κ3) is 2.87. The summed E-state index contributed by atoms with van der Waals surface area (Å²) in [6.45, 7) is 0.458. The number of carbonyl (C=O) groups is 1. The molecule has 3 heterocycles. The number of sulfonamides is 1. The van der Waals surface area contributed by atoms with Crippen LogP contribution in [-0.4, -0.2) is 68.4 Å². The van der Waals surface area contributed by atoms with Gasteiger partial charge in [-0.2, -0.15) is 4.72 Å². The standard InChI is InChI=1S/C15H18F2N4O3S/c16-13(17)8-20-6-10-5-9(20)7-21(10)15(22)14-18-11-3-1-2-4-12(11)25(23,24)19-14/h1-4,9-10,13-14,18-19H,5-8H2/t9-,10-,14?/m0/s1. The van der Waals surface area contributed by atoms with E-state index in [9.17, 15) is 22.0 Å². The van der Waals surface area contributed by atoms with Crippen LogP contribution in [0.5, 0.6) is 0 Å².